The van der Waals surface area contributed by atoms with Gasteiger partial charge in [-0.3, -0.25) is 9.59 Å². The zero-order chi connectivity index (χ0) is 68.3. The van der Waals surface area contributed by atoms with Crippen LogP contribution in [0.25, 0.3) is 43.1 Å². The number of aliphatic hydroxyl groups excluding tert-OH is 1. The summed E-state index contributed by atoms with van der Waals surface area (Å²) in [6.07, 6.45) is 6.67. The topological polar surface area (TPSA) is 148 Å². The zero-order valence-electron chi connectivity index (χ0n) is 58.4. The molecule has 9 rings (SSSR count). The third-order valence-corrected chi connectivity index (χ3v) is 35.7. The van der Waals surface area contributed by atoms with E-state index in [0.29, 0.717) is 34.1 Å². The summed E-state index contributed by atoms with van der Waals surface area (Å²) in [6.45, 7) is 44.3. The number of imidazole rings is 1. The molecule has 0 aliphatic heterocycles. The Morgan fingerprint density at radius 2 is 0.815 bits per heavy atom. The molecule has 92 heavy (non-hydrogen) atoms. The summed E-state index contributed by atoms with van der Waals surface area (Å²) in [6, 6.07) is 47.3. The first-order valence-electron chi connectivity index (χ1n) is 29.8. The maximum atomic E-state index is 11.5. The molecule has 0 radical (unpaired) electrons. The van der Waals surface area contributed by atoms with Crippen LogP contribution in [0.5, 0.6) is 23.0 Å². The number of halogens is 4. The third-order valence-electron chi connectivity index (χ3n) is 17.1. The van der Waals surface area contributed by atoms with Crippen molar-refractivity contribution >= 4 is 159 Å². The number of aromatic hydroxyl groups is 1. The molecule has 21 heteroatoms. The molecule has 8 aromatic carbocycles. The predicted octanol–water partition coefficient (Wildman–Crippen LogP) is 18.7. The number of fused-ring (bicyclic) bond motifs is 4. The summed E-state index contributed by atoms with van der Waals surface area (Å²) in [7, 11) is 0.301. The smallest absolute Gasteiger partial charge is 1.00 e. The minimum atomic E-state index is -1.94. The number of H-pyrrole nitrogens is 1. The van der Waals surface area contributed by atoms with E-state index in [0.717, 1.165) is 61.2 Å². The maximum absolute atomic E-state index is 11.5. The number of alkyl halides is 1. The van der Waals surface area contributed by atoms with E-state index in [4.69, 9.17) is 40.2 Å². The number of aldehydes is 2. The molecular weight excluding hydrogens is 1330 g/mol. The van der Waals surface area contributed by atoms with Crippen molar-refractivity contribution in [2.45, 2.75) is 168 Å². The number of carbonyl (C=O) groups is 2. The fourth-order valence-electron chi connectivity index (χ4n) is 7.52. The molecule has 3 N–H and O–H groups in total. The van der Waals surface area contributed by atoms with Crippen LogP contribution in [0.2, 0.25) is 72.5 Å². The van der Waals surface area contributed by atoms with Crippen molar-refractivity contribution in [2.75, 3.05) is 0 Å². The van der Waals surface area contributed by atoms with Crippen molar-refractivity contribution in [1.82, 2.24) is 9.97 Å². The molecule has 1 heterocycles. The molecule has 0 aliphatic rings. The first-order valence-corrected chi connectivity index (χ1v) is 45.9. The molecule has 496 valence electrons. The molecule has 0 unspecified atom stereocenters. The molecule has 10 nitrogen and oxygen atoms in total. The molecule has 0 saturated carbocycles. The Bertz CT molecular complexity index is 3640. The first kappa shape index (κ1) is 85.8. The standard InChI is InChI=1S/C17H23ClOSi.C17H24O2Si.C17H22O2Si.C11H8O2.C6H15ClSi.C3H4N2.Al.Cl2OS.Li.4H/c3*1-17(2,3)20(4,5)19-16-11-10-13-8-6-7-9-14(13)15(16)12-18;12-7-10-9-4-2-1-3-8(9)5-6-11(10)13;1-6(2,3)8(4,5)7;1-2-5-3-4-1;;1-4(2)3;;;;;/h6-11H,12H2,1-5H3;6-11,18H,12H2,1-5H3;6-12H,1-5H3;1-7,13H;1-5H3;1-3H,(H,4,5);;;;;;;/q;;;;;;;;+1;;;;-1. The van der Waals surface area contributed by atoms with Crippen molar-refractivity contribution < 1.29 is 57.6 Å². The average molecular weight is 1430 g/mol. The molecule has 9 aromatic rings. The normalized spacial score (nSPS) is 11.7. The van der Waals surface area contributed by atoms with Gasteiger partial charge in [-0.25, -0.2) is 9.19 Å². The number of nitrogens with zero attached hydrogens (tertiary/aromatic N) is 1. The Morgan fingerprint density at radius 3 is 1.12 bits per heavy atom. The SMILES string of the molecule is CC(C)(C)[Si](C)(C)Cl.CC(C)(C)[Si](C)(C)Oc1ccc2ccccc2c1C=O.CC(C)(C)[Si](C)(C)Oc1ccc2ccccc2c1CCl.CC(C)(C)[Si](C)(C)Oc1ccc2ccccc2c1CO.O=Cc1c(O)ccc2ccccc12.O=S(Cl)Cl.[AlH3].[H-].[Li+].c1c[nH]cn1. The van der Waals surface area contributed by atoms with Gasteiger partial charge in [0.15, 0.2) is 37.3 Å². The number of aromatic amines is 1. The Hall–Kier alpha value is -4.18. The molecule has 0 spiro atoms. The first-order chi connectivity index (χ1) is 41.6. The minimum Gasteiger partial charge on any atom is -1.00 e. The second kappa shape index (κ2) is 37.4. The van der Waals surface area contributed by atoms with Gasteiger partial charge in [-0.1, -0.05) is 218 Å². The molecule has 0 amide bonds. The predicted molar refractivity (Wildman–Crippen MR) is 410 cm³/mol. The second-order valence-corrected chi connectivity index (χ2v) is 52.0. The van der Waals surface area contributed by atoms with Crippen molar-refractivity contribution in [1.29, 1.82) is 0 Å². The van der Waals surface area contributed by atoms with E-state index in [9.17, 15) is 19.8 Å². The molecule has 0 aliphatic carbocycles. The Balaban J connectivity index is 0.00000111. The number of aliphatic hydroxyl groups is 1. The maximum Gasteiger partial charge on any atom is 1.00 e. The molecule has 0 atom stereocenters. The molecule has 1 aromatic heterocycles. The van der Waals surface area contributed by atoms with Gasteiger partial charge < -0.3 is 29.9 Å². The van der Waals surface area contributed by atoms with E-state index >= 15 is 0 Å². The number of phenolic OH excluding ortho intramolecular Hbond substituents is 1. The fourth-order valence-corrected chi connectivity index (χ4v) is 10.9. The Labute approximate surface area is 598 Å². The fraction of sp³-hybridized carbons (Fsp3) is 0.366. The summed E-state index contributed by atoms with van der Waals surface area (Å²) in [5.41, 5.74) is 3.02. The van der Waals surface area contributed by atoms with E-state index in [1.54, 1.807) is 24.8 Å². The van der Waals surface area contributed by atoms with Crippen molar-refractivity contribution in [3.8, 4) is 23.0 Å². The van der Waals surface area contributed by atoms with Gasteiger partial charge in [0, 0.05) is 44.9 Å². The van der Waals surface area contributed by atoms with Crippen LogP contribution < -0.4 is 32.1 Å². The summed E-state index contributed by atoms with van der Waals surface area (Å²) >= 11 is 12.3. The van der Waals surface area contributed by atoms with Gasteiger partial charge in [0.1, 0.15) is 23.0 Å². The quantitative estimate of drug-likeness (QED) is 0.0400. The summed E-state index contributed by atoms with van der Waals surface area (Å²) in [5, 5.41) is 28.3. The number of hydrogen-bond donors (Lipinski definition) is 3. The monoisotopic (exact) mass is 1430 g/mol. The number of phenols is 1. The van der Waals surface area contributed by atoms with Crippen LogP contribution >= 0.6 is 44.0 Å². The summed E-state index contributed by atoms with van der Waals surface area (Å²) < 4.78 is 28.2. The van der Waals surface area contributed by atoms with Crippen molar-refractivity contribution in [3.63, 3.8) is 0 Å². The van der Waals surface area contributed by atoms with Crippen molar-refractivity contribution in [3.05, 3.63) is 187 Å². The van der Waals surface area contributed by atoms with Crippen LogP contribution in [0.3, 0.4) is 0 Å². The van der Waals surface area contributed by atoms with Gasteiger partial charge in [-0.15, -0.1) is 11.6 Å². The summed E-state index contributed by atoms with van der Waals surface area (Å²) in [5.74, 6) is 3.01. The van der Waals surface area contributed by atoms with E-state index < -0.39 is 41.6 Å². The van der Waals surface area contributed by atoms with Crippen molar-refractivity contribution in [2.24, 2.45) is 0 Å². The number of carbonyl (C=O) groups excluding carboxylic acids is 2. The number of aromatic nitrogens is 2. The van der Waals surface area contributed by atoms with Gasteiger partial charge in [0.25, 0.3) is 8.32 Å². The second-order valence-electron chi connectivity index (χ2n) is 27.7. The molecule has 0 bridgehead atoms. The molecular formula is C71H100AlCl4LiN2O8SSi4. The number of hydrogen-bond acceptors (Lipinski definition) is 9. The molecule has 0 fully saturated rings. The van der Waals surface area contributed by atoms with E-state index in [1.807, 2.05) is 84.9 Å². The van der Waals surface area contributed by atoms with Crippen LogP contribution in [0.1, 0.15) is 116 Å². The van der Waals surface area contributed by atoms with Gasteiger partial charge in [0.2, 0.25) is 25.9 Å². The van der Waals surface area contributed by atoms with Crippen LogP contribution in [-0.2, 0) is 21.7 Å². The number of rotatable bonds is 10. The summed E-state index contributed by atoms with van der Waals surface area (Å²) in [4.78, 5) is 28.6. The van der Waals surface area contributed by atoms with Gasteiger partial charge in [-0.05, 0) is 127 Å². The van der Waals surface area contributed by atoms with E-state index in [1.165, 1.54) is 16.8 Å². The van der Waals surface area contributed by atoms with Gasteiger partial charge >= 0.3 is 18.9 Å². The minimum absolute atomic E-state index is 0. The van der Waals surface area contributed by atoms with Gasteiger partial charge in [0.05, 0.1) is 29.9 Å². The molecule has 0 saturated heterocycles. The van der Waals surface area contributed by atoms with Gasteiger partial charge in [-0.2, -0.15) is 11.1 Å². The number of benzene rings is 8. The van der Waals surface area contributed by atoms with Crippen LogP contribution in [0, 0.1) is 0 Å². The van der Waals surface area contributed by atoms with Crippen LogP contribution in [0.4, 0.5) is 0 Å². The largest absolute Gasteiger partial charge is 1.00 e. The Kier molecular flexibility index (Phi) is 34.9. The third kappa shape index (κ3) is 25.4. The Morgan fingerprint density at radius 1 is 0.511 bits per heavy atom. The van der Waals surface area contributed by atoms with Crippen LogP contribution in [0.15, 0.2) is 164 Å². The number of nitrogens with one attached hydrogen (secondary N) is 1. The van der Waals surface area contributed by atoms with E-state index in [2.05, 4.69) is 215 Å². The zero-order valence-corrected chi connectivity index (χ0v) is 65.2. The van der Waals surface area contributed by atoms with E-state index in [-0.39, 0.29) is 65.1 Å². The van der Waals surface area contributed by atoms with Crippen LogP contribution in [-0.4, -0.2) is 86.7 Å². The average Bonchev–Trinajstić information content (AvgIpc) is 0.923.